The van der Waals surface area contributed by atoms with Crippen molar-refractivity contribution >= 4 is 17.9 Å². The van der Waals surface area contributed by atoms with E-state index in [1.807, 2.05) is 34.6 Å². The average Bonchev–Trinajstić information content (AvgIpc) is 2.82. The number of nitrogens with zero attached hydrogens (tertiary/aromatic N) is 1. The Kier molecular flexibility index (Phi) is 11.3. The van der Waals surface area contributed by atoms with Crippen LogP contribution in [0.25, 0.3) is 0 Å². The van der Waals surface area contributed by atoms with Crippen molar-refractivity contribution in [2.24, 2.45) is 5.92 Å². The maximum atomic E-state index is 14.5. The number of hydrogen-bond donors (Lipinski definition) is 3. The van der Waals surface area contributed by atoms with Crippen molar-refractivity contribution in [1.82, 2.24) is 15.5 Å². The summed E-state index contributed by atoms with van der Waals surface area (Å²) in [5.74, 6) is -0.627. The molecule has 2 unspecified atom stereocenters. The number of aromatic hydroxyl groups is 1. The Bertz CT molecular complexity index is 992. The lowest BCUT2D eigenvalue weighted by Crippen LogP contribution is -2.60. The smallest absolute Gasteiger partial charge is 0.408 e. The topological polar surface area (TPSA) is 108 Å². The number of benzene rings is 1. The molecule has 0 aromatic heterocycles. The number of para-hydroxylation sites is 1. The molecule has 220 valence electrons. The summed E-state index contributed by atoms with van der Waals surface area (Å²) in [6.45, 7) is 16.8. The lowest BCUT2D eigenvalue weighted by molar-refractivity contribution is -0.150. The van der Waals surface area contributed by atoms with E-state index in [0.717, 1.165) is 32.1 Å². The summed E-state index contributed by atoms with van der Waals surface area (Å²) in [4.78, 5) is 43.0. The maximum absolute atomic E-state index is 14.5. The van der Waals surface area contributed by atoms with Crippen molar-refractivity contribution < 1.29 is 24.2 Å². The lowest BCUT2D eigenvalue weighted by atomic mass is 9.89. The number of ether oxygens (including phenoxy) is 1. The molecule has 0 bridgehead atoms. The van der Waals surface area contributed by atoms with Crippen molar-refractivity contribution in [1.29, 1.82) is 0 Å². The van der Waals surface area contributed by atoms with Crippen LogP contribution >= 0.6 is 0 Å². The monoisotopic (exact) mass is 545 g/mol. The van der Waals surface area contributed by atoms with E-state index in [0.29, 0.717) is 24.0 Å². The van der Waals surface area contributed by atoms with Gasteiger partial charge in [0.15, 0.2) is 0 Å². The summed E-state index contributed by atoms with van der Waals surface area (Å²) in [5.41, 5.74) is -0.505. The molecule has 0 saturated heterocycles. The summed E-state index contributed by atoms with van der Waals surface area (Å²) < 4.78 is 5.48. The second-order valence-corrected chi connectivity index (χ2v) is 13.0. The quantitative estimate of drug-likeness (QED) is 0.327. The summed E-state index contributed by atoms with van der Waals surface area (Å²) >= 11 is 0. The van der Waals surface area contributed by atoms with Gasteiger partial charge in [-0.3, -0.25) is 9.59 Å². The van der Waals surface area contributed by atoms with Crippen LogP contribution in [0.4, 0.5) is 4.79 Å². The van der Waals surface area contributed by atoms with Crippen LogP contribution in [0.3, 0.4) is 0 Å². The van der Waals surface area contributed by atoms with E-state index in [-0.39, 0.29) is 29.5 Å². The maximum Gasteiger partial charge on any atom is 0.408 e. The predicted octanol–water partition coefficient (Wildman–Crippen LogP) is 6.15. The summed E-state index contributed by atoms with van der Waals surface area (Å²) in [6, 6.07) is 3.30. The highest BCUT2D eigenvalue weighted by Crippen LogP contribution is 2.38. The molecular weight excluding hydrogens is 494 g/mol. The van der Waals surface area contributed by atoms with Gasteiger partial charge in [0.2, 0.25) is 11.8 Å². The van der Waals surface area contributed by atoms with Gasteiger partial charge < -0.3 is 25.4 Å². The van der Waals surface area contributed by atoms with Gasteiger partial charge in [-0.15, -0.1) is 0 Å². The average molecular weight is 546 g/mol. The Balaban J connectivity index is 2.62. The SMILES string of the molecule is CCC(C)(C)N(C(=O)C(CC(C)C)NC(=O)OC(C)(C)C)C(C(=O)NC1CCCCC1)c1cccc(C)c1O. The highest BCUT2D eigenvalue weighted by Gasteiger charge is 2.44. The van der Waals surface area contributed by atoms with Gasteiger partial charge in [0.05, 0.1) is 0 Å². The molecule has 1 aliphatic rings. The normalized spacial score (nSPS) is 16.4. The number of phenolic OH excluding ortho intramolecular Hbond substituents is 1. The van der Waals surface area contributed by atoms with Crippen LogP contribution in [-0.4, -0.2) is 51.1 Å². The van der Waals surface area contributed by atoms with Gasteiger partial charge in [-0.25, -0.2) is 4.79 Å². The first kappa shape index (κ1) is 32.4. The standard InChI is InChI=1S/C31H51N3O5/c1-10-31(8,9)34(28(37)24(19-20(2)3)33-29(38)39-30(5,6)7)25(23-18-14-15-21(4)26(23)35)27(36)32-22-16-12-11-13-17-22/h14-15,18,20,22,24-25,35H,10-13,16-17,19H2,1-9H3,(H,32,36)(H,33,38). The Hall–Kier alpha value is -2.77. The minimum Gasteiger partial charge on any atom is -0.507 e. The zero-order chi connectivity index (χ0) is 29.5. The van der Waals surface area contributed by atoms with E-state index in [9.17, 15) is 19.5 Å². The molecule has 0 spiro atoms. The number of alkyl carbamates (subject to hydrolysis) is 1. The van der Waals surface area contributed by atoms with E-state index in [2.05, 4.69) is 10.6 Å². The minimum atomic E-state index is -1.08. The van der Waals surface area contributed by atoms with Crippen LogP contribution < -0.4 is 10.6 Å². The van der Waals surface area contributed by atoms with Crippen LogP contribution in [0.1, 0.15) is 118 Å². The molecule has 0 radical (unpaired) electrons. The Morgan fingerprint density at radius 3 is 2.23 bits per heavy atom. The second-order valence-electron chi connectivity index (χ2n) is 13.0. The van der Waals surface area contributed by atoms with Gasteiger partial charge in [-0.1, -0.05) is 58.2 Å². The van der Waals surface area contributed by atoms with E-state index in [1.54, 1.807) is 50.8 Å². The molecule has 1 fully saturated rings. The molecule has 2 atom stereocenters. The molecule has 1 saturated carbocycles. The Morgan fingerprint density at radius 1 is 1.08 bits per heavy atom. The molecule has 0 aliphatic heterocycles. The third-order valence-corrected chi connectivity index (χ3v) is 7.47. The first-order chi connectivity index (χ1) is 18.1. The van der Waals surface area contributed by atoms with Crippen molar-refractivity contribution in [3.05, 3.63) is 29.3 Å². The molecule has 3 N–H and O–H groups in total. The fraction of sp³-hybridized carbons (Fsp3) is 0.710. The molecule has 0 heterocycles. The van der Waals surface area contributed by atoms with Crippen LogP contribution in [0.5, 0.6) is 5.75 Å². The molecule has 8 heteroatoms. The molecular formula is C31H51N3O5. The summed E-state index contributed by atoms with van der Waals surface area (Å²) in [5, 5.41) is 17.1. The van der Waals surface area contributed by atoms with Gasteiger partial charge in [-0.2, -0.15) is 0 Å². The van der Waals surface area contributed by atoms with Crippen LogP contribution in [-0.2, 0) is 14.3 Å². The van der Waals surface area contributed by atoms with Crippen LogP contribution in [0.2, 0.25) is 0 Å². The van der Waals surface area contributed by atoms with Gasteiger partial charge in [0.25, 0.3) is 0 Å². The third-order valence-electron chi connectivity index (χ3n) is 7.47. The Labute approximate surface area is 235 Å². The van der Waals surface area contributed by atoms with E-state index >= 15 is 0 Å². The van der Waals surface area contributed by atoms with Gasteiger partial charge in [0, 0.05) is 17.1 Å². The van der Waals surface area contributed by atoms with Crippen molar-refractivity contribution in [2.75, 3.05) is 0 Å². The predicted molar refractivity (Wildman–Crippen MR) is 154 cm³/mol. The first-order valence-electron chi connectivity index (χ1n) is 14.5. The molecule has 39 heavy (non-hydrogen) atoms. The number of amides is 3. The number of nitrogens with one attached hydrogen (secondary N) is 2. The Morgan fingerprint density at radius 2 is 1.69 bits per heavy atom. The molecule has 1 aromatic rings. The highest BCUT2D eigenvalue weighted by atomic mass is 16.6. The first-order valence-corrected chi connectivity index (χ1v) is 14.5. The number of aryl methyl sites for hydroxylation is 1. The molecule has 2 rings (SSSR count). The second kappa shape index (κ2) is 13.5. The fourth-order valence-electron chi connectivity index (χ4n) is 5.08. The fourth-order valence-corrected chi connectivity index (χ4v) is 5.08. The van der Waals surface area contributed by atoms with Gasteiger partial charge in [-0.05, 0) is 78.7 Å². The number of carbonyl (C=O) groups is 3. The molecule has 8 nitrogen and oxygen atoms in total. The highest BCUT2D eigenvalue weighted by molar-refractivity contribution is 5.93. The van der Waals surface area contributed by atoms with Crippen molar-refractivity contribution in [2.45, 2.75) is 137 Å². The van der Waals surface area contributed by atoms with E-state index in [1.165, 1.54) is 0 Å². The number of rotatable bonds is 10. The van der Waals surface area contributed by atoms with Gasteiger partial charge in [0.1, 0.15) is 23.4 Å². The zero-order valence-electron chi connectivity index (χ0n) is 25.5. The van der Waals surface area contributed by atoms with Gasteiger partial charge >= 0.3 is 6.09 Å². The van der Waals surface area contributed by atoms with Crippen LogP contribution in [0, 0.1) is 12.8 Å². The molecule has 1 aliphatic carbocycles. The third kappa shape index (κ3) is 9.14. The number of phenols is 1. The van der Waals surface area contributed by atoms with E-state index in [4.69, 9.17) is 4.74 Å². The number of hydrogen-bond acceptors (Lipinski definition) is 5. The molecule has 3 amide bonds. The summed E-state index contributed by atoms with van der Waals surface area (Å²) in [6.07, 6.45) is 5.26. The lowest BCUT2D eigenvalue weighted by Gasteiger charge is -2.45. The number of carbonyl (C=O) groups excluding carboxylic acids is 3. The molecule has 1 aromatic carbocycles. The minimum absolute atomic E-state index is 0.00786. The van der Waals surface area contributed by atoms with Crippen molar-refractivity contribution in [3.8, 4) is 5.75 Å². The largest absolute Gasteiger partial charge is 0.507 e. The zero-order valence-corrected chi connectivity index (χ0v) is 25.5. The van der Waals surface area contributed by atoms with E-state index < -0.39 is 29.3 Å². The summed E-state index contributed by atoms with van der Waals surface area (Å²) in [7, 11) is 0. The van der Waals surface area contributed by atoms with Crippen molar-refractivity contribution in [3.63, 3.8) is 0 Å². The van der Waals surface area contributed by atoms with Crippen LogP contribution in [0.15, 0.2) is 18.2 Å².